The first-order valence-corrected chi connectivity index (χ1v) is 12.5. The van der Waals surface area contributed by atoms with Crippen molar-refractivity contribution in [3.05, 3.63) is 70.7 Å². The number of aliphatic hydroxyl groups is 1. The van der Waals surface area contributed by atoms with Crippen LogP contribution in [0.25, 0.3) is 39.1 Å². The Kier molecular flexibility index (Phi) is 4.68. The van der Waals surface area contributed by atoms with E-state index in [4.69, 9.17) is 15.8 Å². The zero-order valence-electron chi connectivity index (χ0n) is 19.5. The van der Waals surface area contributed by atoms with Crippen LogP contribution in [0.5, 0.6) is 0 Å². The molecule has 1 aliphatic rings. The molecule has 5 aromatic rings. The van der Waals surface area contributed by atoms with Crippen molar-refractivity contribution in [3.8, 4) is 22.4 Å². The molecule has 172 valence electrons. The number of nitrogens with two attached hydrogens (primary N) is 1. The second-order valence-electron chi connectivity index (χ2n) is 10.1. The van der Waals surface area contributed by atoms with Gasteiger partial charge in [0.25, 0.3) is 0 Å². The van der Waals surface area contributed by atoms with E-state index in [2.05, 4.69) is 66.0 Å². The number of hydrogen-bond acceptors (Lipinski definition) is 6. The molecule has 3 N–H and O–H groups in total. The minimum atomic E-state index is -0.683. The molecule has 0 atom stereocenters. The van der Waals surface area contributed by atoms with Crippen molar-refractivity contribution in [2.45, 2.75) is 50.7 Å². The van der Waals surface area contributed by atoms with Gasteiger partial charge in [-0.05, 0) is 59.7 Å². The maximum Gasteiger partial charge on any atom is 0.165 e. The molecule has 1 aliphatic carbocycles. The quantitative estimate of drug-likeness (QED) is 0.363. The van der Waals surface area contributed by atoms with E-state index in [9.17, 15) is 5.11 Å². The van der Waals surface area contributed by atoms with E-state index in [0.717, 1.165) is 50.3 Å². The van der Waals surface area contributed by atoms with Gasteiger partial charge in [-0.25, -0.2) is 9.97 Å². The summed E-state index contributed by atoms with van der Waals surface area (Å²) in [6, 6.07) is 14.6. The van der Waals surface area contributed by atoms with E-state index in [-0.39, 0.29) is 0 Å². The van der Waals surface area contributed by atoms with Crippen LogP contribution in [0, 0.1) is 0 Å². The number of pyridine rings is 1. The number of rotatable bonds is 4. The molecule has 0 saturated heterocycles. The first-order chi connectivity index (χ1) is 16.2. The van der Waals surface area contributed by atoms with E-state index in [0.29, 0.717) is 18.8 Å². The molecule has 0 aliphatic heterocycles. The Balaban J connectivity index is 1.52. The summed E-state index contributed by atoms with van der Waals surface area (Å²) in [5.74, 6) is 0.310. The van der Waals surface area contributed by atoms with Crippen LogP contribution in [0.15, 0.2) is 59.4 Å². The van der Waals surface area contributed by atoms with Gasteiger partial charge in [-0.15, -0.1) is 0 Å². The summed E-state index contributed by atoms with van der Waals surface area (Å²) in [5.41, 5.74) is 13.2. The number of aromatic nitrogens is 4. The maximum atomic E-state index is 10.2. The number of thiophene rings is 1. The molecular formula is C27H27N5OS. The highest BCUT2D eigenvalue weighted by Crippen LogP contribution is 2.46. The predicted octanol–water partition coefficient (Wildman–Crippen LogP) is 5.50. The first-order valence-electron chi connectivity index (χ1n) is 11.6. The van der Waals surface area contributed by atoms with Crippen LogP contribution in [0.3, 0.4) is 0 Å². The summed E-state index contributed by atoms with van der Waals surface area (Å²) >= 11 is 1.67. The van der Waals surface area contributed by atoms with E-state index in [1.54, 1.807) is 11.3 Å². The van der Waals surface area contributed by atoms with Crippen molar-refractivity contribution in [2.24, 2.45) is 5.73 Å². The molecule has 4 aromatic heterocycles. The van der Waals surface area contributed by atoms with Crippen LogP contribution in [0.1, 0.15) is 50.8 Å². The van der Waals surface area contributed by atoms with Gasteiger partial charge in [0.1, 0.15) is 0 Å². The molecule has 4 heterocycles. The van der Waals surface area contributed by atoms with Gasteiger partial charge >= 0.3 is 0 Å². The average molecular weight is 470 g/mol. The summed E-state index contributed by atoms with van der Waals surface area (Å²) in [6.07, 6.45) is 3.01. The Bertz CT molecular complexity index is 1510. The van der Waals surface area contributed by atoms with E-state index >= 15 is 0 Å². The van der Waals surface area contributed by atoms with Crippen molar-refractivity contribution < 1.29 is 5.11 Å². The van der Waals surface area contributed by atoms with Gasteiger partial charge in [0.2, 0.25) is 0 Å². The molecule has 0 unspecified atom stereocenters. The third kappa shape index (κ3) is 3.43. The molecular weight excluding hydrogens is 442 g/mol. The van der Waals surface area contributed by atoms with Gasteiger partial charge in [0.05, 0.1) is 17.0 Å². The summed E-state index contributed by atoms with van der Waals surface area (Å²) in [5, 5.41) is 20.2. The molecule has 1 aromatic carbocycles. The van der Waals surface area contributed by atoms with Crippen LogP contribution in [-0.2, 0) is 5.54 Å². The van der Waals surface area contributed by atoms with Crippen molar-refractivity contribution in [2.75, 3.05) is 0 Å². The minimum absolute atomic E-state index is 0.310. The van der Waals surface area contributed by atoms with Crippen molar-refractivity contribution >= 4 is 28.0 Å². The van der Waals surface area contributed by atoms with E-state index < -0.39 is 11.1 Å². The Morgan fingerprint density at radius 2 is 1.85 bits per heavy atom. The molecule has 7 heteroatoms. The van der Waals surface area contributed by atoms with Gasteiger partial charge in [-0.2, -0.15) is 21.0 Å². The second-order valence-corrected chi connectivity index (χ2v) is 10.9. The molecule has 0 bridgehead atoms. The highest BCUT2D eigenvalue weighted by Gasteiger charge is 2.49. The zero-order chi connectivity index (χ0) is 23.7. The average Bonchev–Trinajstić information content (AvgIpc) is 3.47. The molecule has 0 amide bonds. The number of benzene rings is 1. The topological polar surface area (TPSA) is 89.3 Å². The predicted molar refractivity (Wildman–Crippen MR) is 137 cm³/mol. The van der Waals surface area contributed by atoms with Crippen LogP contribution >= 0.6 is 11.3 Å². The highest BCUT2D eigenvalue weighted by atomic mass is 32.1. The monoisotopic (exact) mass is 469 g/mol. The Hall–Kier alpha value is -3.13. The van der Waals surface area contributed by atoms with Gasteiger partial charge in [-0.3, -0.25) is 0 Å². The summed E-state index contributed by atoms with van der Waals surface area (Å²) in [6.45, 7) is 6.10. The Labute approximate surface area is 202 Å². The fourth-order valence-electron chi connectivity index (χ4n) is 5.17. The fraction of sp³-hybridized carbons (Fsp3) is 0.296. The van der Waals surface area contributed by atoms with Crippen LogP contribution in [0.4, 0.5) is 0 Å². The smallest absolute Gasteiger partial charge is 0.165 e. The first kappa shape index (κ1) is 21.4. The largest absolute Gasteiger partial charge is 0.390 e. The summed E-state index contributed by atoms with van der Waals surface area (Å²) in [4.78, 5) is 9.78. The van der Waals surface area contributed by atoms with Crippen LogP contribution in [-0.4, -0.2) is 30.3 Å². The fourth-order valence-corrected chi connectivity index (χ4v) is 5.82. The van der Waals surface area contributed by atoms with Crippen molar-refractivity contribution in [3.63, 3.8) is 0 Å². The number of hydrogen-bond donors (Lipinski definition) is 2. The minimum Gasteiger partial charge on any atom is -0.390 e. The third-order valence-electron chi connectivity index (χ3n) is 6.83. The molecule has 6 rings (SSSR count). The molecule has 0 spiro atoms. The number of fused-ring (bicyclic) bond motifs is 3. The SMILES string of the molecule is CC(C)c1cc2ncc3cc(-c4ccsc4)c(-c4ccc(C5(N)CC(C)(O)C5)cc4)nc3n2n1. The molecule has 0 radical (unpaired) electrons. The molecule has 34 heavy (non-hydrogen) atoms. The summed E-state index contributed by atoms with van der Waals surface area (Å²) < 4.78 is 1.85. The lowest BCUT2D eigenvalue weighted by molar-refractivity contribution is -0.0738. The standard InChI is InChI=1S/C27H27N5OS/c1-16(2)22-11-23-29-12-19-10-21(18-8-9-34-13-18)24(30-25(19)32(23)31-22)17-4-6-20(7-5-17)27(28)14-26(3,33)15-27/h4-13,16,33H,14-15,28H2,1-3H3. The molecule has 1 fully saturated rings. The third-order valence-corrected chi connectivity index (χ3v) is 7.51. The lowest BCUT2D eigenvalue weighted by Gasteiger charge is -2.49. The van der Waals surface area contributed by atoms with Crippen LogP contribution in [0.2, 0.25) is 0 Å². The van der Waals surface area contributed by atoms with Crippen LogP contribution < -0.4 is 5.73 Å². The highest BCUT2D eigenvalue weighted by molar-refractivity contribution is 7.08. The molecule has 1 saturated carbocycles. The Morgan fingerprint density at radius 1 is 1.09 bits per heavy atom. The molecule has 6 nitrogen and oxygen atoms in total. The normalized spacial score (nSPS) is 22.5. The van der Waals surface area contributed by atoms with Gasteiger partial charge < -0.3 is 10.8 Å². The lowest BCUT2D eigenvalue weighted by Crippen LogP contribution is -2.58. The van der Waals surface area contributed by atoms with E-state index in [1.807, 2.05) is 23.7 Å². The van der Waals surface area contributed by atoms with Crippen molar-refractivity contribution in [1.82, 2.24) is 19.6 Å². The Morgan fingerprint density at radius 3 is 2.50 bits per heavy atom. The van der Waals surface area contributed by atoms with E-state index in [1.165, 1.54) is 0 Å². The van der Waals surface area contributed by atoms with Crippen molar-refractivity contribution in [1.29, 1.82) is 0 Å². The second kappa shape index (κ2) is 7.43. The lowest BCUT2D eigenvalue weighted by atomic mass is 9.63. The number of nitrogens with zero attached hydrogens (tertiary/aromatic N) is 4. The van der Waals surface area contributed by atoms with Gasteiger partial charge in [0, 0.05) is 34.3 Å². The zero-order valence-corrected chi connectivity index (χ0v) is 20.3. The summed E-state index contributed by atoms with van der Waals surface area (Å²) in [7, 11) is 0. The van der Waals surface area contributed by atoms with Gasteiger partial charge in [0.15, 0.2) is 11.3 Å². The maximum absolute atomic E-state index is 10.2. The van der Waals surface area contributed by atoms with Gasteiger partial charge in [-0.1, -0.05) is 38.1 Å².